The Kier molecular flexibility index (Phi) is 5.59. The summed E-state index contributed by atoms with van der Waals surface area (Å²) >= 11 is 6.14. The van der Waals surface area contributed by atoms with Gasteiger partial charge in [-0.2, -0.15) is 10.1 Å². The molecule has 4 N–H and O–H groups in total. The van der Waals surface area contributed by atoms with Gasteiger partial charge in [0.05, 0.1) is 37.4 Å². The summed E-state index contributed by atoms with van der Waals surface area (Å²) in [7, 11) is 4.96. The number of methoxy groups -OCH3 is 2. The number of fused-ring (bicyclic) bond motifs is 1. The Bertz CT molecular complexity index is 1350. The molecule has 1 aromatic carbocycles. The third-order valence-corrected chi connectivity index (χ3v) is 6.64. The third-order valence-electron chi connectivity index (χ3n) is 6.47. The lowest BCUT2D eigenvalue weighted by molar-refractivity contribution is 0.0178. The number of halogens is 1. The van der Waals surface area contributed by atoms with Gasteiger partial charge >= 0.3 is 0 Å². The largest absolute Gasteiger partial charge is 0.497 e. The summed E-state index contributed by atoms with van der Waals surface area (Å²) in [5.74, 6) is 1.07. The van der Waals surface area contributed by atoms with Gasteiger partial charge in [-0.25, -0.2) is 4.98 Å². The molecule has 0 radical (unpaired) electrons. The quantitative estimate of drug-likeness (QED) is 0.368. The monoisotopic (exact) mass is 484 g/mol. The molecule has 0 unspecified atom stereocenters. The smallest absolute Gasteiger partial charge is 0.226 e. The van der Waals surface area contributed by atoms with Crippen LogP contribution < -0.4 is 15.2 Å². The zero-order valence-electron chi connectivity index (χ0n) is 18.9. The van der Waals surface area contributed by atoms with Crippen LogP contribution in [0.2, 0.25) is 5.28 Å². The van der Waals surface area contributed by atoms with Crippen LogP contribution in [0.4, 0.5) is 5.82 Å². The second-order valence-corrected chi connectivity index (χ2v) is 8.78. The van der Waals surface area contributed by atoms with E-state index in [1.54, 1.807) is 25.0 Å². The first-order valence-corrected chi connectivity index (χ1v) is 11.1. The van der Waals surface area contributed by atoms with E-state index in [1.807, 2.05) is 42.2 Å². The number of aryl methyl sites for hydroxylation is 1. The lowest BCUT2D eigenvalue weighted by Crippen LogP contribution is -2.29. The fourth-order valence-corrected chi connectivity index (χ4v) is 4.98. The van der Waals surface area contributed by atoms with Crippen LogP contribution in [0.5, 0.6) is 11.5 Å². The maximum Gasteiger partial charge on any atom is 0.226 e. The van der Waals surface area contributed by atoms with Gasteiger partial charge in [0.2, 0.25) is 5.28 Å². The van der Waals surface area contributed by atoms with Crippen molar-refractivity contribution in [1.29, 1.82) is 0 Å². The molecule has 1 fully saturated rings. The van der Waals surface area contributed by atoms with Crippen molar-refractivity contribution >= 4 is 28.5 Å². The summed E-state index contributed by atoms with van der Waals surface area (Å²) in [6.45, 7) is 0. The fraction of sp³-hybridized carbons (Fsp3) is 0.348. The Labute approximate surface area is 200 Å². The van der Waals surface area contributed by atoms with Crippen molar-refractivity contribution in [2.75, 3.05) is 20.0 Å². The molecule has 5 rings (SSSR count). The Morgan fingerprint density at radius 3 is 2.41 bits per heavy atom. The topological polar surface area (TPSA) is 133 Å². The molecule has 4 aromatic rings. The molecule has 3 heterocycles. The molecule has 4 atom stereocenters. The summed E-state index contributed by atoms with van der Waals surface area (Å²) in [5.41, 5.74) is 8.92. The lowest BCUT2D eigenvalue weighted by Gasteiger charge is -2.19. The molecule has 0 amide bonds. The molecule has 1 saturated carbocycles. The number of nitrogens with two attached hydrogens (primary N) is 1. The highest BCUT2D eigenvalue weighted by molar-refractivity contribution is 6.29. The van der Waals surface area contributed by atoms with E-state index in [0.717, 1.165) is 11.1 Å². The van der Waals surface area contributed by atoms with Crippen molar-refractivity contribution in [2.45, 2.75) is 30.6 Å². The van der Waals surface area contributed by atoms with Gasteiger partial charge in [0.25, 0.3) is 0 Å². The fourth-order valence-electron chi connectivity index (χ4n) is 4.81. The average Bonchev–Trinajstić information content (AvgIpc) is 3.49. The van der Waals surface area contributed by atoms with Crippen LogP contribution in [0, 0.1) is 0 Å². The van der Waals surface area contributed by atoms with E-state index in [1.165, 1.54) is 0 Å². The number of anilines is 1. The van der Waals surface area contributed by atoms with E-state index in [0.29, 0.717) is 34.6 Å². The number of nitrogen functional groups attached to an aromatic ring is 1. The Morgan fingerprint density at radius 1 is 1.09 bits per heavy atom. The summed E-state index contributed by atoms with van der Waals surface area (Å²) in [4.78, 5) is 8.53. The predicted octanol–water partition coefficient (Wildman–Crippen LogP) is 2.53. The van der Waals surface area contributed by atoms with Gasteiger partial charge in [-0.05, 0) is 41.8 Å². The third kappa shape index (κ3) is 3.64. The lowest BCUT2D eigenvalue weighted by atomic mass is 9.95. The van der Waals surface area contributed by atoms with Crippen LogP contribution in [0.15, 0.2) is 36.7 Å². The summed E-state index contributed by atoms with van der Waals surface area (Å²) in [6.07, 6.45) is 2.01. The first-order valence-electron chi connectivity index (χ1n) is 10.7. The molecule has 0 saturated heterocycles. The number of rotatable bonds is 5. The van der Waals surface area contributed by atoms with E-state index >= 15 is 0 Å². The summed E-state index contributed by atoms with van der Waals surface area (Å²) < 4.78 is 14.3. The summed E-state index contributed by atoms with van der Waals surface area (Å²) in [6, 6.07) is 6.81. The zero-order chi connectivity index (χ0) is 24.1. The standard InChI is InChI=1S/C23H25ClN6O4/c1-29-5-4-16(28-29)15-10-30(22-18(15)21(25)26-23(24)27-22)17-9-14(19(31)20(17)32)11-6-12(33-2)8-13(7-11)34-3/h4-8,10,14,17,19-20,31-32H,9H2,1-3H3,(H2,25,26,27)/t14-,17-,19-,20+/m1/s1. The molecule has 178 valence electrons. The SMILES string of the molecule is COc1cc(OC)cc([C@H]2C[C@@H](n3cc(-c4ccn(C)n4)c4c(N)nc(Cl)nc43)[C@H](O)[C@@H]2O)c1. The highest BCUT2D eigenvalue weighted by atomic mass is 35.5. The van der Waals surface area contributed by atoms with Gasteiger partial charge in [0.1, 0.15) is 29.1 Å². The molecular weight excluding hydrogens is 460 g/mol. The van der Waals surface area contributed by atoms with Crippen LogP contribution in [-0.4, -0.2) is 61.0 Å². The zero-order valence-corrected chi connectivity index (χ0v) is 19.6. The van der Waals surface area contributed by atoms with Gasteiger partial charge in [-0.1, -0.05) is 0 Å². The van der Waals surface area contributed by atoms with Crippen LogP contribution in [-0.2, 0) is 7.05 Å². The number of hydrogen-bond acceptors (Lipinski definition) is 8. The van der Waals surface area contributed by atoms with Crippen molar-refractivity contribution in [1.82, 2.24) is 24.3 Å². The minimum atomic E-state index is -1.07. The number of hydrogen-bond donors (Lipinski definition) is 3. The van der Waals surface area contributed by atoms with Crippen molar-refractivity contribution in [3.63, 3.8) is 0 Å². The van der Waals surface area contributed by atoms with E-state index in [2.05, 4.69) is 15.1 Å². The first-order chi connectivity index (χ1) is 16.3. The second-order valence-electron chi connectivity index (χ2n) is 8.44. The molecular formula is C23H25ClN6O4. The normalized spacial score (nSPS) is 22.4. The molecule has 0 bridgehead atoms. The number of aliphatic hydroxyl groups excluding tert-OH is 2. The molecule has 1 aliphatic carbocycles. The Morgan fingerprint density at radius 2 is 1.79 bits per heavy atom. The van der Waals surface area contributed by atoms with Crippen LogP contribution >= 0.6 is 11.6 Å². The molecule has 11 heteroatoms. The molecule has 1 aliphatic rings. The van der Waals surface area contributed by atoms with Crippen molar-refractivity contribution in [2.24, 2.45) is 7.05 Å². The second kappa shape index (κ2) is 8.46. The maximum absolute atomic E-state index is 11.1. The van der Waals surface area contributed by atoms with Crippen LogP contribution in [0.3, 0.4) is 0 Å². The van der Waals surface area contributed by atoms with Crippen LogP contribution in [0.25, 0.3) is 22.3 Å². The molecule has 0 spiro atoms. The van der Waals surface area contributed by atoms with E-state index in [4.69, 9.17) is 26.8 Å². The molecule has 34 heavy (non-hydrogen) atoms. The highest BCUT2D eigenvalue weighted by Gasteiger charge is 2.44. The van der Waals surface area contributed by atoms with Crippen molar-refractivity contribution in [3.05, 3.63) is 47.5 Å². The van der Waals surface area contributed by atoms with E-state index < -0.39 is 18.2 Å². The van der Waals surface area contributed by atoms with E-state index in [9.17, 15) is 10.2 Å². The average molecular weight is 485 g/mol. The summed E-state index contributed by atoms with van der Waals surface area (Å²) in [5, 5.41) is 27.2. The number of aromatic nitrogens is 5. The minimum absolute atomic E-state index is 0.000891. The van der Waals surface area contributed by atoms with Gasteiger partial charge in [-0.3, -0.25) is 4.68 Å². The van der Waals surface area contributed by atoms with Gasteiger partial charge < -0.3 is 30.0 Å². The van der Waals surface area contributed by atoms with Crippen molar-refractivity contribution in [3.8, 4) is 22.8 Å². The van der Waals surface area contributed by atoms with Gasteiger partial charge in [0, 0.05) is 37.0 Å². The van der Waals surface area contributed by atoms with Gasteiger partial charge in [0.15, 0.2) is 0 Å². The Balaban J connectivity index is 1.62. The highest BCUT2D eigenvalue weighted by Crippen LogP contribution is 2.46. The Hall–Kier alpha value is -3.34. The number of nitrogens with zero attached hydrogens (tertiary/aromatic N) is 5. The number of benzene rings is 1. The molecule has 3 aromatic heterocycles. The first kappa shape index (κ1) is 22.5. The number of ether oxygens (including phenoxy) is 2. The van der Waals surface area contributed by atoms with Gasteiger partial charge in [-0.15, -0.1) is 0 Å². The van der Waals surface area contributed by atoms with Crippen LogP contribution in [0.1, 0.15) is 23.9 Å². The molecule has 0 aliphatic heterocycles. The minimum Gasteiger partial charge on any atom is -0.497 e. The number of aliphatic hydroxyl groups is 2. The maximum atomic E-state index is 11.1. The van der Waals surface area contributed by atoms with E-state index in [-0.39, 0.29) is 17.0 Å². The predicted molar refractivity (Wildman–Crippen MR) is 127 cm³/mol. The molecule has 10 nitrogen and oxygen atoms in total. The van der Waals surface area contributed by atoms with Crippen molar-refractivity contribution < 1.29 is 19.7 Å².